The van der Waals surface area contributed by atoms with E-state index in [9.17, 15) is 9.90 Å². The van der Waals surface area contributed by atoms with Gasteiger partial charge in [0.15, 0.2) is 0 Å². The molecule has 0 fully saturated rings. The smallest absolute Gasteiger partial charge is 0.337 e. The molecule has 0 bridgehead atoms. The minimum atomic E-state index is -0.862. The van der Waals surface area contributed by atoms with Crippen molar-refractivity contribution in [1.82, 2.24) is 4.57 Å². The lowest BCUT2D eigenvalue weighted by Gasteiger charge is -2.01. The monoisotopic (exact) mass is 231 g/mol. The van der Waals surface area contributed by atoms with Gasteiger partial charge in [0.2, 0.25) is 0 Å². The zero-order valence-electron chi connectivity index (χ0n) is 10.2. The molecule has 0 aliphatic rings. The van der Waals surface area contributed by atoms with E-state index >= 15 is 0 Å². The van der Waals surface area contributed by atoms with Crippen molar-refractivity contribution in [2.45, 2.75) is 26.2 Å². The van der Waals surface area contributed by atoms with E-state index in [0.29, 0.717) is 5.56 Å². The van der Waals surface area contributed by atoms with Gasteiger partial charge in [0.25, 0.3) is 0 Å². The van der Waals surface area contributed by atoms with Gasteiger partial charge >= 0.3 is 5.97 Å². The summed E-state index contributed by atoms with van der Waals surface area (Å²) < 4.78 is 1.92. The quantitative estimate of drug-likeness (QED) is 0.877. The molecule has 3 heteroatoms. The van der Waals surface area contributed by atoms with E-state index in [-0.39, 0.29) is 0 Å². The minimum absolute atomic E-state index is 0.382. The van der Waals surface area contributed by atoms with Gasteiger partial charge in [-0.3, -0.25) is 0 Å². The van der Waals surface area contributed by atoms with Crippen molar-refractivity contribution in [3.63, 3.8) is 0 Å². The Morgan fingerprint density at radius 1 is 1.41 bits per heavy atom. The number of aryl methyl sites for hydroxylation is 2. The maximum absolute atomic E-state index is 11.2. The minimum Gasteiger partial charge on any atom is -0.478 e. The molecule has 0 saturated heterocycles. The van der Waals surface area contributed by atoms with Crippen molar-refractivity contribution >= 4 is 16.9 Å². The van der Waals surface area contributed by atoms with Crippen LogP contribution in [0.3, 0.4) is 0 Å². The van der Waals surface area contributed by atoms with Crippen LogP contribution in [0.25, 0.3) is 10.9 Å². The van der Waals surface area contributed by atoms with E-state index in [0.717, 1.165) is 30.2 Å². The summed E-state index contributed by atoms with van der Waals surface area (Å²) >= 11 is 0. The van der Waals surface area contributed by atoms with Crippen molar-refractivity contribution in [3.8, 4) is 0 Å². The topological polar surface area (TPSA) is 42.2 Å². The molecule has 0 saturated carbocycles. The molecule has 1 aromatic carbocycles. The normalized spacial score (nSPS) is 10.9. The third kappa shape index (κ3) is 2.05. The molecule has 1 aromatic heterocycles. The predicted octanol–water partition coefficient (Wildman–Crippen LogP) is 3.22. The number of aromatic nitrogens is 1. The van der Waals surface area contributed by atoms with Crippen LogP contribution in [-0.2, 0) is 13.5 Å². The Labute approximate surface area is 101 Å². The first-order valence-electron chi connectivity index (χ1n) is 5.95. The summed E-state index contributed by atoms with van der Waals surface area (Å²) in [5.41, 5.74) is 2.45. The SMILES string of the molecule is CCCCc1cn(C)c2c(C(=O)O)cccc12. The van der Waals surface area contributed by atoms with Crippen LogP contribution in [0.2, 0.25) is 0 Å². The zero-order valence-corrected chi connectivity index (χ0v) is 10.2. The van der Waals surface area contributed by atoms with Crippen molar-refractivity contribution < 1.29 is 9.90 Å². The summed E-state index contributed by atoms with van der Waals surface area (Å²) in [6.45, 7) is 2.16. The van der Waals surface area contributed by atoms with Crippen LogP contribution in [0.4, 0.5) is 0 Å². The second-order valence-electron chi connectivity index (χ2n) is 4.38. The van der Waals surface area contributed by atoms with Crippen molar-refractivity contribution in [2.75, 3.05) is 0 Å². The highest BCUT2D eigenvalue weighted by Crippen LogP contribution is 2.25. The predicted molar refractivity (Wildman–Crippen MR) is 68.5 cm³/mol. The lowest BCUT2D eigenvalue weighted by atomic mass is 10.1. The molecule has 17 heavy (non-hydrogen) atoms. The Kier molecular flexibility index (Phi) is 3.18. The van der Waals surface area contributed by atoms with Gasteiger partial charge in [-0.25, -0.2) is 4.79 Å². The highest BCUT2D eigenvalue weighted by Gasteiger charge is 2.13. The molecule has 0 aliphatic carbocycles. The molecule has 2 aromatic rings. The molecule has 0 unspecified atom stereocenters. The summed E-state index contributed by atoms with van der Waals surface area (Å²) in [5, 5.41) is 10.2. The van der Waals surface area contributed by atoms with Crippen LogP contribution in [0.1, 0.15) is 35.7 Å². The zero-order chi connectivity index (χ0) is 12.4. The van der Waals surface area contributed by atoms with Gasteiger partial charge in [0.05, 0.1) is 11.1 Å². The Morgan fingerprint density at radius 3 is 2.82 bits per heavy atom. The molecular weight excluding hydrogens is 214 g/mol. The summed E-state index contributed by atoms with van der Waals surface area (Å²) in [4.78, 5) is 11.2. The second-order valence-corrected chi connectivity index (χ2v) is 4.38. The number of unbranched alkanes of at least 4 members (excludes halogenated alkanes) is 1. The highest BCUT2D eigenvalue weighted by molar-refractivity contribution is 6.03. The summed E-state index contributed by atoms with van der Waals surface area (Å²) in [7, 11) is 1.91. The lowest BCUT2D eigenvalue weighted by molar-refractivity contribution is 0.0698. The van der Waals surface area contributed by atoms with Gasteiger partial charge < -0.3 is 9.67 Å². The summed E-state index contributed by atoms with van der Waals surface area (Å²) in [5.74, 6) is -0.862. The van der Waals surface area contributed by atoms with Crippen LogP contribution in [0.5, 0.6) is 0 Å². The Morgan fingerprint density at radius 2 is 2.18 bits per heavy atom. The van der Waals surface area contributed by atoms with Gasteiger partial charge in [-0.05, 0) is 24.5 Å². The Hall–Kier alpha value is -1.77. The third-order valence-electron chi connectivity index (χ3n) is 3.11. The number of rotatable bonds is 4. The van der Waals surface area contributed by atoms with Crippen LogP contribution < -0.4 is 0 Å². The molecule has 0 aliphatic heterocycles. The number of benzene rings is 1. The maximum atomic E-state index is 11.2. The van der Waals surface area contributed by atoms with Crippen molar-refractivity contribution in [3.05, 3.63) is 35.5 Å². The molecular formula is C14H17NO2. The number of carbonyl (C=O) groups is 1. The first kappa shape index (κ1) is 11.7. The second kappa shape index (κ2) is 4.62. The van der Waals surface area contributed by atoms with Crippen LogP contribution in [0, 0.1) is 0 Å². The van der Waals surface area contributed by atoms with E-state index in [1.54, 1.807) is 6.07 Å². The number of carboxylic acids is 1. The number of aromatic carboxylic acids is 1. The molecule has 0 atom stereocenters. The number of nitrogens with zero attached hydrogens (tertiary/aromatic N) is 1. The number of fused-ring (bicyclic) bond motifs is 1. The molecule has 0 amide bonds. The molecule has 3 nitrogen and oxygen atoms in total. The lowest BCUT2D eigenvalue weighted by Crippen LogP contribution is -1.99. The summed E-state index contributed by atoms with van der Waals surface area (Å²) in [6, 6.07) is 5.49. The van der Waals surface area contributed by atoms with Crippen molar-refractivity contribution in [1.29, 1.82) is 0 Å². The van der Waals surface area contributed by atoms with Gasteiger partial charge in [0, 0.05) is 18.6 Å². The fraction of sp³-hybridized carbons (Fsp3) is 0.357. The van der Waals surface area contributed by atoms with Gasteiger partial charge in [-0.2, -0.15) is 0 Å². The number of hydrogen-bond acceptors (Lipinski definition) is 1. The average Bonchev–Trinajstić information content (AvgIpc) is 2.64. The third-order valence-corrected chi connectivity index (χ3v) is 3.11. The van der Waals surface area contributed by atoms with E-state index in [1.165, 1.54) is 5.56 Å². The van der Waals surface area contributed by atoms with Crippen LogP contribution in [-0.4, -0.2) is 15.6 Å². The van der Waals surface area contributed by atoms with Gasteiger partial charge in [0.1, 0.15) is 0 Å². The van der Waals surface area contributed by atoms with Crippen LogP contribution >= 0.6 is 0 Å². The van der Waals surface area contributed by atoms with E-state index in [2.05, 4.69) is 6.92 Å². The molecule has 1 N–H and O–H groups in total. The number of para-hydroxylation sites is 1. The van der Waals surface area contributed by atoms with Gasteiger partial charge in [-0.15, -0.1) is 0 Å². The largest absolute Gasteiger partial charge is 0.478 e. The highest BCUT2D eigenvalue weighted by atomic mass is 16.4. The molecule has 90 valence electrons. The van der Waals surface area contributed by atoms with Crippen LogP contribution in [0.15, 0.2) is 24.4 Å². The molecule has 2 rings (SSSR count). The van der Waals surface area contributed by atoms with Gasteiger partial charge in [-0.1, -0.05) is 25.5 Å². The first-order chi connectivity index (χ1) is 8.15. The first-order valence-corrected chi connectivity index (χ1v) is 5.95. The van der Waals surface area contributed by atoms with E-state index < -0.39 is 5.97 Å². The van der Waals surface area contributed by atoms with Crippen molar-refractivity contribution in [2.24, 2.45) is 7.05 Å². The number of hydrogen-bond donors (Lipinski definition) is 1. The molecule has 0 spiro atoms. The fourth-order valence-corrected chi connectivity index (χ4v) is 2.29. The van der Waals surface area contributed by atoms with E-state index in [4.69, 9.17) is 0 Å². The Balaban J connectivity index is 2.60. The summed E-state index contributed by atoms with van der Waals surface area (Å²) in [6.07, 6.45) is 5.34. The average molecular weight is 231 g/mol. The number of carboxylic acid groups (broad SMARTS) is 1. The molecule has 1 heterocycles. The Bertz CT molecular complexity index is 555. The van der Waals surface area contributed by atoms with E-state index in [1.807, 2.05) is 29.9 Å². The standard InChI is InChI=1S/C14H17NO2/c1-3-4-6-10-9-15(2)13-11(10)7-5-8-12(13)14(16)17/h5,7-9H,3-4,6H2,1-2H3,(H,16,17). The fourth-order valence-electron chi connectivity index (χ4n) is 2.29. The maximum Gasteiger partial charge on any atom is 0.337 e. The molecule has 0 radical (unpaired) electrons.